The van der Waals surface area contributed by atoms with Crippen molar-refractivity contribution in [3.8, 4) is 0 Å². The SMILES string of the molecule is CCOC(=O)[C@H](C)C[C@H](NC(=O)Cc1ccccc1)C(N)=O. The number of primary amides is 1. The van der Waals surface area contributed by atoms with Gasteiger partial charge in [0.25, 0.3) is 0 Å². The van der Waals surface area contributed by atoms with Crippen molar-refractivity contribution in [3.05, 3.63) is 35.9 Å². The fourth-order valence-corrected chi connectivity index (χ4v) is 2.01. The molecule has 0 fully saturated rings. The van der Waals surface area contributed by atoms with E-state index in [1.807, 2.05) is 30.3 Å². The van der Waals surface area contributed by atoms with Gasteiger partial charge >= 0.3 is 5.97 Å². The number of amides is 2. The summed E-state index contributed by atoms with van der Waals surface area (Å²) < 4.78 is 4.88. The van der Waals surface area contributed by atoms with Gasteiger partial charge in [-0.15, -0.1) is 0 Å². The standard InChI is InChI=1S/C16H22N2O4/c1-3-22-16(21)11(2)9-13(15(17)20)18-14(19)10-12-7-5-4-6-8-12/h4-8,11,13H,3,9-10H2,1-2H3,(H2,17,20)(H,18,19)/t11-,13+/m1/s1. The maximum absolute atomic E-state index is 12.0. The van der Waals surface area contributed by atoms with Crippen LogP contribution < -0.4 is 11.1 Å². The highest BCUT2D eigenvalue weighted by Crippen LogP contribution is 2.09. The van der Waals surface area contributed by atoms with Gasteiger partial charge in [0.1, 0.15) is 6.04 Å². The molecule has 0 spiro atoms. The molecular formula is C16H22N2O4. The van der Waals surface area contributed by atoms with Crippen LogP contribution in [0.2, 0.25) is 0 Å². The van der Waals surface area contributed by atoms with Crippen molar-refractivity contribution in [2.24, 2.45) is 11.7 Å². The van der Waals surface area contributed by atoms with Crippen molar-refractivity contribution >= 4 is 17.8 Å². The number of esters is 1. The molecule has 0 bridgehead atoms. The summed E-state index contributed by atoms with van der Waals surface area (Å²) in [5.41, 5.74) is 6.13. The summed E-state index contributed by atoms with van der Waals surface area (Å²) in [6, 6.07) is 8.26. The minimum Gasteiger partial charge on any atom is -0.466 e. The van der Waals surface area contributed by atoms with Gasteiger partial charge in [-0.2, -0.15) is 0 Å². The average Bonchev–Trinajstić information content (AvgIpc) is 2.47. The Labute approximate surface area is 130 Å². The maximum Gasteiger partial charge on any atom is 0.308 e. The van der Waals surface area contributed by atoms with E-state index in [1.165, 1.54) is 0 Å². The van der Waals surface area contributed by atoms with E-state index in [9.17, 15) is 14.4 Å². The zero-order valence-corrected chi connectivity index (χ0v) is 12.9. The molecule has 0 heterocycles. The molecule has 1 rings (SSSR count). The van der Waals surface area contributed by atoms with E-state index in [-0.39, 0.29) is 25.4 Å². The average molecular weight is 306 g/mol. The van der Waals surface area contributed by atoms with Crippen LogP contribution in [0.4, 0.5) is 0 Å². The lowest BCUT2D eigenvalue weighted by Crippen LogP contribution is -2.46. The molecule has 0 aromatic heterocycles. The summed E-state index contributed by atoms with van der Waals surface area (Å²) in [5.74, 6) is -1.91. The molecule has 120 valence electrons. The topological polar surface area (TPSA) is 98.5 Å². The van der Waals surface area contributed by atoms with Crippen molar-refractivity contribution in [2.75, 3.05) is 6.61 Å². The number of nitrogens with two attached hydrogens (primary N) is 1. The highest BCUT2D eigenvalue weighted by Gasteiger charge is 2.25. The first kappa shape index (κ1) is 17.7. The quantitative estimate of drug-likeness (QED) is 0.694. The molecule has 0 unspecified atom stereocenters. The first-order valence-electron chi connectivity index (χ1n) is 7.23. The highest BCUT2D eigenvalue weighted by atomic mass is 16.5. The third kappa shape index (κ3) is 5.95. The highest BCUT2D eigenvalue weighted by molar-refractivity contribution is 5.88. The van der Waals surface area contributed by atoms with Crippen LogP contribution in [0.25, 0.3) is 0 Å². The Hall–Kier alpha value is -2.37. The number of hydrogen-bond acceptors (Lipinski definition) is 4. The summed E-state index contributed by atoms with van der Waals surface area (Å²) in [5, 5.41) is 2.57. The van der Waals surface area contributed by atoms with Crippen LogP contribution in [0.1, 0.15) is 25.8 Å². The number of benzene rings is 1. The van der Waals surface area contributed by atoms with E-state index in [4.69, 9.17) is 10.5 Å². The second-order valence-corrected chi connectivity index (χ2v) is 5.07. The molecule has 0 radical (unpaired) electrons. The van der Waals surface area contributed by atoms with E-state index < -0.39 is 23.8 Å². The fourth-order valence-electron chi connectivity index (χ4n) is 2.01. The first-order valence-corrected chi connectivity index (χ1v) is 7.23. The lowest BCUT2D eigenvalue weighted by molar-refractivity contribution is -0.148. The molecule has 22 heavy (non-hydrogen) atoms. The third-order valence-corrected chi connectivity index (χ3v) is 3.16. The first-order chi connectivity index (χ1) is 10.4. The fraction of sp³-hybridized carbons (Fsp3) is 0.438. The predicted molar refractivity (Wildman–Crippen MR) is 81.7 cm³/mol. The van der Waals surface area contributed by atoms with Gasteiger partial charge in [-0.1, -0.05) is 37.3 Å². The second kappa shape index (κ2) is 8.81. The summed E-state index contributed by atoms with van der Waals surface area (Å²) >= 11 is 0. The molecule has 0 aliphatic rings. The molecule has 0 saturated heterocycles. The molecule has 1 aromatic rings. The van der Waals surface area contributed by atoms with Crippen molar-refractivity contribution in [1.29, 1.82) is 0 Å². The van der Waals surface area contributed by atoms with Crippen LogP contribution in [-0.4, -0.2) is 30.4 Å². The molecular weight excluding hydrogens is 284 g/mol. The zero-order chi connectivity index (χ0) is 16.5. The summed E-state index contributed by atoms with van der Waals surface area (Å²) in [6.45, 7) is 3.61. The van der Waals surface area contributed by atoms with Crippen LogP contribution in [0, 0.1) is 5.92 Å². The minimum absolute atomic E-state index is 0.120. The molecule has 6 nitrogen and oxygen atoms in total. The molecule has 3 N–H and O–H groups in total. The number of hydrogen-bond donors (Lipinski definition) is 2. The van der Waals surface area contributed by atoms with Gasteiger partial charge < -0.3 is 15.8 Å². The largest absolute Gasteiger partial charge is 0.466 e. The van der Waals surface area contributed by atoms with Crippen LogP contribution >= 0.6 is 0 Å². The summed E-state index contributed by atoms with van der Waals surface area (Å²) in [4.78, 5) is 35.0. The third-order valence-electron chi connectivity index (χ3n) is 3.16. The van der Waals surface area contributed by atoms with Crippen LogP contribution in [0.3, 0.4) is 0 Å². The molecule has 6 heteroatoms. The Balaban J connectivity index is 2.58. The second-order valence-electron chi connectivity index (χ2n) is 5.07. The van der Waals surface area contributed by atoms with Gasteiger partial charge in [-0.3, -0.25) is 14.4 Å². The Morgan fingerprint density at radius 2 is 1.86 bits per heavy atom. The lowest BCUT2D eigenvalue weighted by Gasteiger charge is -2.18. The van der Waals surface area contributed by atoms with E-state index in [0.29, 0.717) is 0 Å². The van der Waals surface area contributed by atoms with E-state index in [0.717, 1.165) is 5.56 Å². The number of rotatable bonds is 8. The predicted octanol–water partition coefficient (Wildman–Crippen LogP) is 0.788. The minimum atomic E-state index is -0.893. The number of nitrogens with one attached hydrogen (secondary N) is 1. The normalized spacial score (nSPS) is 13.0. The van der Waals surface area contributed by atoms with Crippen molar-refractivity contribution in [1.82, 2.24) is 5.32 Å². The monoisotopic (exact) mass is 306 g/mol. The Bertz CT molecular complexity index is 516. The molecule has 0 aliphatic carbocycles. The summed E-state index contributed by atoms with van der Waals surface area (Å²) in [6.07, 6.45) is 0.271. The van der Waals surface area contributed by atoms with E-state index >= 15 is 0 Å². The Kier molecular flexibility index (Phi) is 7.08. The van der Waals surface area contributed by atoms with Crippen LogP contribution in [0.15, 0.2) is 30.3 Å². The zero-order valence-electron chi connectivity index (χ0n) is 12.9. The molecule has 2 atom stereocenters. The molecule has 0 aliphatic heterocycles. The van der Waals surface area contributed by atoms with E-state index in [2.05, 4.69) is 5.32 Å². The van der Waals surface area contributed by atoms with Gasteiger partial charge in [0.2, 0.25) is 11.8 Å². The number of carbonyl (C=O) groups excluding carboxylic acids is 3. The Morgan fingerprint density at radius 3 is 2.41 bits per heavy atom. The van der Waals surface area contributed by atoms with Gasteiger partial charge in [-0.25, -0.2) is 0 Å². The lowest BCUT2D eigenvalue weighted by atomic mass is 10.0. The number of ether oxygens (including phenoxy) is 1. The molecule has 0 saturated carbocycles. The smallest absolute Gasteiger partial charge is 0.308 e. The van der Waals surface area contributed by atoms with Gasteiger partial charge in [0.15, 0.2) is 0 Å². The van der Waals surface area contributed by atoms with Crippen LogP contribution in [-0.2, 0) is 25.5 Å². The maximum atomic E-state index is 12.0. The Morgan fingerprint density at radius 1 is 1.23 bits per heavy atom. The van der Waals surface area contributed by atoms with Crippen molar-refractivity contribution < 1.29 is 19.1 Å². The molecule has 2 amide bonds. The van der Waals surface area contributed by atoms with Crippen molar-refractivity contribution in [3.63, 3.8) is 0 Å². The van der Waals surface area contributed by atoms with Gasteiger partial charge in [0.05, 0.1) is 18.9 Å². The van der Waals surface area contributed by atoms with Crippen LogP contribution in [0.5, 0.6) is 0 Å². The van der Waals surface area contributed by atoms with Crippen molar-refractivity contribution in [2.45, 2.75) is 32.7 Å². The van der Waals surface area contributed by atoms with Gasteiger partial charge in [-0.05, 0) is 18.9 Å². The molecule has 1 aromatic carbocycles. The summed E-state index contributed by atoms with van der Waals surface area (Å²) in [7, 11) is 0. The number of carbonyl (C=O) groups is 3. The van der Waals surface area contributed by atoms with Gasteiger partial charge in [0, 0.05) is 0 Å². The van der Waals surface area contributed by atoms with E-state index in [1.54, 1.807) is 13.8 Å².